The molecule has 3 rings (SSSR count). The normalized spacial score (nSPS) is 25.5. The van der Waals surface area contributed by atoms with Gasteiger partial charge < -0.3 is 10.6 Å². The van der Waals surface area contributed by atoms with E-state index in [0.717, 1.165) is 35.1 Å². The fourth-order valence-electron chi connectivity index (χ4n) is 4.01. The van der Waals surface area contributed by atoms with Gasteiger partial charge in [0.05, 0.1) is 11.3 Å². The lowest BCUT2D eigenvalue weighted by Crippen LogP contribution is -2.48. The minimum Gasteiger partial charge on any atom is -0.384 e. The summed E-state index contributed by atoms with van der Waals surface area (Å²) in [6.07, 6.45) is 7.74. The lowest BCUT2D eigenvalue weighted by molar-refractivity contribution is 0.242. The van der Waals surface area contributed by atoms with Crippen molar-refractivity contribution in [1.82, 2.24) is 10.2 Å². The van der Waals surface area contributed by atoms with E-state index >= 15 is 0 Å². The van der Waals surface area contributed by atoms with Crippen LogP contribution in [0.4, 0.5) is 5.82 Å². The second kappa shape index (κ2) is 5.62. The third-order valence-corrected chi connectivity index (χ3v) is 5.22. The Bertz CT molecular complexity index is 552. The third-order valence-electron chi connectivity index (χ3n) is 5.22. The Balaban J connectivity index is 2.02. The van der Waals surface area contributed by atoms with Gasteiger partial charge in [-0.15, -0.1) is 5.10 Å². The van der Waals surface area contributed by atoms with Gasteiger partial charge in [0.1, 0.15) is 5.84 Å². The van der Waals surface area contributed by atoms with Gasteiger partial charge in [-0.3, -0.25) is 5.41 Å². The van der Waals surface area contributed by atoms with E-state index in [-0.39, 0.29) is 5.84 Å². The number of rotatable bonds is 2. The number of nitrogens with two attached hydrogens (primary N) is 1. The maximum atomic E-state index is 7.95. The van der Waals surface area contributed by atoms with Crippen molar-refractivity contribution in [1.29, 1.82) is 5.41 Å². The van der Waals surface area contributed by atoms with E-state index in [1.54, 1.807) is 0 Å². The number of anilines is 1. The van der Waals surface area contributed by atoms with Gasteiger partial charge in [0.25, 0.3) is 0 Å². The van der Waals surface area contributed by atoms with E-state index < -0.39 is 0 Å². The monoisotopic (exact) mass is 287 g/mol. The molecule has 2 aliphatic rings. The fraction of sp³-hybridized carbons (Fsp3) is 0.688. The van der Waals surface area contributed by atoms with Crippen molar-refractivity contribution in [3.05, 3.63) is 16.8 Å². The van der Waals surface area contributed by atoms with Crippen LogP contribution in [0.25, 0.3) is 0 Å². The second-order valence-corrected chi connectivity index (χ2v) is 6.47. The summed E-state index contributed by atoms with van der Waals surface area (Å²) in [6, 6.07) is 0.557. The van der Waals surface area contributed by atoms with Gasteiger partial charge in [0.15, 0.2) is 5.82 Å². The molecule has 1 aromatic rings. The minimum atomic E-state index is 0.110. The predicted octanol–water partition coefficient (Wildman–Crippen LogP) is 2.54. The van der Waals surface area contributed by atoms with Crippen molar-refractivity contribution in [3.63, 3.8) is 0 Å². The molecule has 2 atom stereocenters. The summed E-state index contributed by atoms with van der Waals surface area (Å²) in [7, 11) is 0. The van der Waals surface area contributed by atoms with E-state index in [0.29, 0.717) is 6.04 Å². The first-order chi connectivity index (χ1) is 10.1. The molecule has 0 amide bonds. The number of nitrogen functional groups attached to an aromatic ring is 1. The molecule has 0 aromatic carbocycles. The first-order valence-corrected chi connectivity index (χ1v) is 8.04. The molecule has 2 heterocycles. The Kier molecular flexibility index (Phi) is 3.83. The quantitative estimate of drug-likeness (QED) is 0.647. The van der Waals surface area contributed by atoms with Gasteiger partial charge in [0, 0.05) is 12.6 Å². The van der Waals surface area contributed by atoms with Crippen molar-refractivity contribution >= 4 is 11.7 Å². The molecule has 1 aliphatic heterocycles. The zero-order chi connectivity index (χ0) is 15.0. The highest BCUT2D eigenvalue weighted by atomic mass is 15.3. The molecule has 1 aliphatic carbocycles. The molecule has 2 unspecified atom stereocenters. The summed E-state index contributed by atoms with van der Waals surface area (Å²) >= 11 is 0. The van der Waals surface area contributed by atoms with Crippen LogP contribution in [-0.4, -0.2) is 28.6 Å². The Morgan fingerprint density at radius 1 is 1.14 bits per heavy atom. The first-order valence-electron chi connectivity index (χ1n) is 8.04. The van der Waals surface area contributed by atoms with E-state index in [1.807, 2.05) is 13.8 Å². The molecule has 0 spiro atoms. The average molecular weight is 287 g/mol. The van der Waals surface area contributed by atoms with Crippen LogP contribution in [0.15, 0.2) is 0 Å². The summed E-state index contributed by atoms with van der Waals surface area (Å²) in [5.41, 5.74) is 8.49. The van der Waals surface area contributed by atoms with Gasteiger partial charge in [-0.1, -0.05) is 12.8 Å². The maximum Gasteiger partial charge on any atom is 0.162 e. The maximum absolute atomic E-state index is 7.95. The van der Waals surface area contributed by atoms with Crippen molar-refractivity contribution in [2.24, 2.45) is 11.7 Å². The Hall–Kier alpha value is -1.65. The van der Waals surface area contributed by atoms with E-state index in [1.165, 1.54) is 38.5 Å². The summed E-state index contributed by atoms with van der Waals surface area (Å²) in [5, 5.41) is 16.7. The van der Waals surface area contributed by atoms with Crippen LogP contribution < -0.4 is 10.6 Å². The summed E-state index contributed by atoms with van der Waals surface area (Å²) in [6.45, 7) is 4.93. The number of aryl methyl sites for hydroxylation is 1. The molecule has 5 heteroatoms. The van der Waals surface area contributed by atoms with Gasteiger partial charge in [-0.05, 0) is 51.0 Å². The number of piperidine rings is 1. The number of nitrogens with one attached hydrogen (secondary N) is 1. The topological polar surface area (TPSA) is 78.9 Å². The molecule has 0 bridgehead atoms. The highest BCUT2D eigenvalue weighted by Crippen LogP contribution is 2.38. The van der Waals surface area contributed by atoms with E-state index in [2.05, 4.69) is 15.1 Å². The lowest BCUT2D eigenvalue weighted by atomic mass is 9.78. The SMILES string of the molecule is Cc1nnc(N2CCCC3CCCCC32)c(C(=N)N)c1C. The molecule has 0 radical (unpaired) electrons. The molecule has 21 heavy (non-hydrogen) atoms. The summed E-state index contributed by atoms with van der Waals surface area (Å²) < 4.78 is 0. The zero-order valence-corrected chi connectivity index (χ0v) is 13.0. The molecular formula is C16H25N5. The Labute approximate surface area is 126 Å². The van der Waals surface area contributed by atoms with Crippen LogP contribution in [0, 0.1) is 25.2 Å². The molecule has 1 aromatic heterocycles. The highest BCUT2D eigenvalue weighted by molar-refractivity contribution is 6.01. The van der Waals surface area contributed by atoms with Gasteiger partial charge in [-0.2, -0.15) is 5.10 Å². The van der Waals surface area contributed by atoms with E-state index in [4.69, 9.17) is 11.1 Å². The Morgan fingerprint density at radius 2 is 1.86 bits per heavy atom. The van der Waals surface area contributed by atoms with Crippen LogP contribution in [0.1, 0.15) is 55.3 Å². The van der Waals surface area contributed by atoms with Crippen LogP contribution in [0.5, 0.6) is 0 Å². The highest BCUT2D eigenvalue weighted by Gasteiger charge is 2.35. The molecule has 1 saturated heterocycles. The summed E-state index contributed by atoms with van der Waals surface area (Å²) in [5.74, 6) is 1.72. The lowest BCUT2D eigenvalue weighted by Gasteiger charge is -2.45. The van der Waals surface area contributed by atoms with Crippen LogP contribution >= 0.6 is 0 Å². The van der Waals surface area contributed by atoms with Crippen LogP contribution in [0.3, 0.4) is 0 Å². The van der Waals surface area contributed by atoms with Crippen LogP contribution in [-0.2, 0) is 0 Å². The number of fused-ring (bicyclic) bond motifs is 1. The van der Waals surface area contributed by atoms with Gasteiger partial charge in [0.2, 0.25) is 0 Å². The molecule has 5 nitrogen and oxygen atoms in total. The molecule has 114 valence electrons. The van der Waals surface area contributed by atoms with Crippen molar-refractivity contribution in [2.75, 3.05) is 11.4 Å². The van der Waals surface area contributed by atoms with Crippen LogP contribution in [0.2, 0.25) is 0 Å². The van der Waals surface area contributed by atoms with Gasteiger partial charge in [-0.25, -0.2) is 0 Å². The molecular weight excluding hydrogens is 262 g/mol. The molecule has 2 fully saturated rings. The molecule has 1 saturated carbocycles. The predicted molar refractivity (Wildman–Crippen MR) is 84.8 cm³/mol. The average Bonchev–Trinajstić information content (AvgIpc) is 2.49. The fourth-order valence-corrected chi connectivity index (χ4v) is 4.01. The second-order valence-electron chi connectivity index (χ2n) is 6.47. The minimum absolute atomic E-state index is 0.110. The standard InChI is InChI=1S/C16H25N5/c1-10-11(2)19-20-16(14(10)15(17)18)21-9-5-7-12-6-3-4-8-13(12)21/h12-13H,3-9H2,1-2H3,(H3,17,18). The number of amidine groups is 1. The van der Waals surface area contributed by atoms with Crippen molar-refractivity contribution in [2.45, 2.75) is 58.4 Å². The number of hydrogen-bond acceptors (Lipinski definition) is 4. The van der Waals surface area contributed by atoms with Gasteiger partial charge >= 0.3 is 0 Å². The van der Waals surface area contributed by atoms with Crippen molar-refractivity contribution in [3.8, 4) is 0 Å². The zero-order valence-electron chi connectivity index (χ0n) is 13.0. The third kappa shape index (κ3) is 2.49. The first kappa shape index (κ1) is 14.3. The largest absolute Gasteiger partial charge is 0.384 e. The smallest absolute Gasteiger partial charge is 0.162 e. The molecule has 3 N–H and O–H groups in total. The van der Waals surface area contributed by atoms with E-state index in [9.17, 15) is 0 Å². The number of nitrogens with zero attached hydrogens (tertiary/aromatic N) is 3. The number of hydrogen-bond donors (Lipinski definition) is 2. The number of aromatic nitrogens is 2. The summed E-state index contributed by atoms with van der Waals surface area (Å²) in [4.78, 5) is 2.39. The Morgan fingerprint density at radius 3 is 2.62 bits per heavy atom. The van der Waals surface area contributed by atoms with Crippen molar-refractivity contribution < 1.29 is 0 Å².